The van der Waals surface area contributed by atoms with Gasteiger partial charge in [-0.25, -0.2) is 0 Å². The van der Waals surface area contributed by atoms with Gasteiger partial charge in [-0.05, 0) is 86.3 Å². The van der Waals surface area contributed by atoms with Gasteiger partial charge in [0, 0.05) is 32.0 Å². The second-order valence-electron chi connectivity index (χ2n) is 16.8. The van der Waals surface area contributed by atoms with Gasteiger partial charge in [0.2, 0.25) is 0 Å². The fraction of sp³-hybridized carbons (Fsp3) is 0.526. The van der Waals surface area contributed by atoms with Crippen LogP contribution >= 0.6 is 11.3 Å². The Morgan fingerprint density at radius 3 is 1.27 bits per heavy atom. The van der Waals surface area contributed by atoms with E-state index >= 15 is 0 Å². The van der Waals surface area contributed by atoms with Crippen molar-refractivity contribution in [2.75, 3.05) is 0 Å². The van der Waals surface area contributed by atoms with Gasteiger partial charge in [0.15, 0.2) is 11.6 Å². The van der Waals surface area contributed by atoms with Crippen molar-refractivity contribution < 1.29 is 9.59 Å². The molecule has 0 atom stereocenters. The Bertz CT molecular complexity index is 1370. The molecule has 0 N–H and O–H groups in total. The summed E-state index contributed by atoms with van der Waals surface area (Å²) in [6.45, 7) is 32.2. The average molecular weight is 573 g/mol. The summed E-state index contributed by atoms with van der Waals surface area (Å²) < 4.78 is 0. The average Bonchev–Trinajstić information content (AvgIpc) is 3.19. The van der Waals surface area contributed by atoms with Crippen molar-refractivity contribution in [2.45, 2.75) is 104 Å². The lowest BCUT2D eigenvalue weighted by molar-refractivity contribution is -0.114. The number of thiophene rings is 1. The zero-order valence-corrected chi connectivity index (χ0v) is 29.1. The lowest BCUT2D eigenvalue weighted by atomic mass is 9.70. The molecule has 0 aromatic carbocycles. The van der Waals surface area contributed by atoms with Gasteiger partial charge >= 0.3 is 0 Å². The third-order valence-corrected chi connectivity index (χ3v) is 8.70. The summed E-state index contributed by atoms with van der Waals surface area (Å²) in [5.74, 6) is 0.317. The molecule has 222 valence electrons. The molecule has 0 saturated heterocycles. The van der Waals surface area contributed by atoms with E-state index in [0.717, 1.165) is 38.3 Å². The van der Waals surface area contributed by atoms with Crippen molar-refractivity contribution in [1.82, 2.24) is 0 Å². The van der Waals surface area contributed by atoms with Crippen molar-refractivity contribution >= 4 is 34.6 Å². The van der Waals surface area contributed by atoms with Crippen LogP contribution in [0.3, 0.4) is 0 Å². The van der Waals surface area contributed by atoms with Gasteiger partial charge in [-0.1, -0.05) is 104 Å². The lowest BCUT2D eigenvalue weighted by Gasteiger charge is -2.33. The van der Waals surface area contributed by atoms with Gasteiger partial charge < -0.3 is 0 Å². The first-order valence-corrected chi connectivity index (χ1v) is 15.7. The minimum Gasteiger partial charge on any atom is -0.289 e. The van der Waals surface area contributed by atoms with Gasteiger partial charge in [-0.3, -0.25) is 9.59 Å². The second-order valence-corrected chi connectivity index (χ2v) is 17.9. The molecule has 0 unspecified atom stereocenters. The van der Waals surface area contributed by atoms with E-state index in [1.807, 2.05) is 0 Å². The Kier molecular flexibility index (Phi) is 8.56. The Morgan fingerprint density at radius 1 is 0.561 bits per heavy atom. The molecule has 0 amide bonds. The van der Waals surface area contributed by atoms with Crippen LogP contribution in [0.5, 0.6) is 0 Å². The molecule has 2 aliphatic carbocycles. The highest BCUT2D eigenvalue weighted by Gasteiger charge is 2.36. The van der Waals surface area contributed by atoms with E-state index in [2.05, 4.69) is 146 Å². The van der Waals surface area contributed by atoms with Crippen LogP contribution in [-0.2, 0) is 9.59 Å². The molecule has 0 saturated carbocycles. The zero-order chi connectivity index (χ0) is 31.5. The number of hydrogen-bond donors (Lipinski definition) is 0. The first-order chi connectivity index (χ1) is 18.3. The van der Waals surface area contributed by atoms with Crippen LogP contribution < -0.4 is 0 Å². The molecule has 41 heavy (non-hydrogen) atoms. The Hall–Kier alpha value is -2.52. The fourth-order valence-electron chi connectivity index (χ4n) is 5.41. The summed E-state index contributed by atoms with van der Waals surface area (Å²) in [6.07, 6.45) is 10.6. The van der Waals surface area contributed by atoms with Crippen LogP contribution in [0.25, 0.3) is 11.6 Å². The first-order valence-electron chi connectivity index (χ1n) is 14.9. The maximum Gasteiger partial charge on any atom is 0.186 e. The third kappa shape index (κ3) is 7.28. The van der Waals surface area contributed by atoms with Crippen LogP contribution in [-0.4, -0.2) is 11.6 Å². The Morgan fingerprint density at radius 2 is 0.927 bits per heavy atom. The van der Waals surface area contributed by atoms with Crippen LogP contribution in [0.1, 0.15) is 114 Å². The lowest BCUT2D eigenvalue weighted by Crippen LogP contribution is -2.28. The molecular weight excluding hydrogens is 520 g/mol. The molecule has 0 bridgehead atoms. The molecule has 0 spiro atoms. The Balaban J connectivity index is 2.26. The minimum atomic E-state index is -0.256. The van der Waals surface area contributed by atoms with E-state index in [0.29, 0.717) is 0 Å². The highest BCUT2D eigenvalue weighted by molar-refractivity contribution is 7.14. The molecule has 2 nitrogen and oxygen atoms in total. The Labute approximate surface area is 254 Å². The van der Waals surface area contributed by atoms with Gasteiger partial charge in [-0.2, -0.15) is 0 Å². The van der Waals surface area contributed by atoms with Crippen LogP contribution in [0.2, 0.25) is 0 Å². The summed E-state index contributed by atoms with van der Waals surface area (Å²) in [4.78, 5) is 29.4. The standard InChI is InChI=1S/C38H52O2S/c1-34(2,3)26-19-23(20-27(32(26)39)35(4,5)6)18-25-16-17-30(41-25)31(38(13,14)15)24-21-28(36(7,8)9)33(40)29(22-24)37(10,11)12/h16-22H,1-15H3. The van der Waals surface area contributed by atoms with Crippen LogP contribution in [0, 0.1) is 27.1 Å². The smallest absolute Gasteiger partial charge is 0.186 e. The molecule has 1 aromatic heterocycles. The number of Topliss-reactive ketones (excluding diaryl/α,β-unsaturated/α-hetero) is 2. The molecule has 1 heterocycles. The largest absolute Gasteiger partial charge is 0.289 e. The molecule has 0 aliphatic heterocycles. The van der Waals surface area contributed by atoms with Crippen molar-refractivity contribution in [1.29, 1.82) is 0 Å². The third-order valence-electron chi connectivity index (χ3n) is 7.65. The topological polar surface area (TPSA) is 34.1 Å². The number of allylic oxidation sites excluding steroid dienone is 11. The van der Waals surface area contributed by atoms with Crippen molar-refractivity contribution in [3.8, 4) is 0 Å². The molecule has 2 aliphatic rings. The number of carbonyl (C=O) groups excluding carboxylic acids is 2. The van der Waals surface area contributed by atoms with E-state index < -0.39 is 0 Å². The summed E-state index contributed by atoms with van der Waals surface area (Å²) >= 11 is 1.77. The second kappa shape index (κ2) is 10.6. The summed E-state index contributed by atoms with van der Waals surface area (Å²) in [7, 11) is 0. The van der Waals surface area contributed by atoms with E-state index in [1.165, 1.54) is 10.5 Å². The van der Waals surface area contributed by atoms with E-state index in [1.54, 1.807) is 11.3 Å². The predicted octanol–water partition coefficient (Wildman–Crippen LogP) is 11.0. The molecule has 0 fully saturated rings. The SMILES string of the molecule is CC(C)(C)C1=CC(=Cc2ccc(C(=C3C=C(C(C)(C)C)C(=O)C(C(C)(C)C)=C3)C(C)(C)C)s2)C=C(C(C)(C)C)C1=O. The number of rotatable bonds is 2. The highest BCUT2D eigenvalue weighted by Crippen LogP contribution is 2.46. The van der Waals surface area contributed by atoms with Gasteiger partial charge in [-0.15, -0.1) is 11.3 Å². The zero-order valence-electron chi connectivity index (χ0n) is 28.3. The first kappa shape index (κ1) is 33.0. The summed E-state index contributed by atoms with van der Waals surface area (Å²) in [5.41, 5.74) is 5.76. The van der Waals surface area contributed by atoms with E-state index in [9.17, 15) is 9.59 Å². The van der Waals surface area contributed by atoms with Crippen molar-refractivity contribution in [2.24, 2.45) is 27.1 Å². The van der Waals surface area contributed by atoms with Crippen LogP contribution in [0.4, 0.5) is 0 Å². The molecule has 1 aromatic rings. The monoisotopic (exact) mass is 572 g/mol. The van der Waals surface area contributed by atoms with Gasteiger partial charge in [0.1, 0.15) is 0 Å². The van der Waals surface area contributed by atoms with E-state index in [-0.39, 0.29) is 38.6 Å². The minimum absolute atomic E-state index is 0.139. The molecule has 3 rings (SSSR count). The van der Waals surface area contributed by atoms with Crippen molar-refractivity contribution in [3.05, 3.63) is 79.6 Å². The summed E-state index contributed by atoms with van der Waals surface area (Å²) in [6, 6.07) is 4.40. The van der Waals surface area contributed by atoms with Gasteiger partial charge in [0.05, 0.1) is 0 Å². The number of carbonyl (C=O) groups is 2. The highest BCUT2D eigenvalue weighted by atomic mass is 32.1. The maximum atomic E-state index is 13.6. The quantitative estimate of drug-likeness (QED) is 0.353. The normalized spacial score (nSPS) is 17.7. The van der Waals surface area contributed by atoms with Gasteiger partial charge in [0.25, 0.3) is 0 Å². The van der Waals surface area contributed by atoms with Crippen LogP contribution in [0.15, 0.2) is 69.9 Å². The molecular formula is C38H52O2S. The van der Waals surface area contributed by atoms with E-state index in [4.69, 9.17) is 0 Å². The summed E-state index contributed by atoms with van der Waals surface area (Å²) in [5, 5.41) is 0. The maximum absolute atomic E-state index is 13.6. The predicted molar refractivity (Wildman–Crippen MR) is 179 cm³/mol. The number of ketones is 2. The fourth-order valence-corrected chi connectivity index (χ4v) is 6.66. The number of hydrogen-bond acceptors (Lipinski definition) is 3. The molecule has 3 heteroatoms. The molecule has 0 radical (unpaired) electrons. The van der Waals surface area contributed by atoms with Crippen molar-refractivity contribution in [3.63, 3.8) is 0 Å².